The van der Waals surface area contributed by atoms with Gasteiger partial charge in [0.05, 0.1) is 0 Å². The summed E-state index contributed by atoms with van der Waals surface area (Å²) in [5.41, 5.74) is -2.15. The van der Waals surface area contributed by atoms with Gasteiger partial charge in [-0.25, -0.2) is 0 Å². The van der Waals surface area contributed by atoms with Crippen LogP contribution in [0.25, 0.3) is 0 Å². The molecule has 0 spiro atoms. The highest BCUT2D eigenvalue weighted by Crippen LogP contribution is 2.39. The van der Waals surface area contributed by atoms with Crippen LogP contribution in [0.1, 0.15) is 86.2 Å². The summed E-state index contributed by atoms with van der Waals surface area (Å²) >= 11 is 0. The summed E-state index contributed by atoms with van der Waals surface area (Å²) in [6, 6.07) is -1.04. The van der Waals surface area contributed by atoms with Gasteiger partial charge in [0, 0.05) is 46.1 Å². The molecule has 0 saturated carbocycles. The van der Waals surface area contributed by atoms with Crippen LogP contribution in [-0.2, 0) is 9.59 Å². The zero-order valence-electron chi connectivity index (χ0n) is 47.6. The van der Waals surface area contributed by atoms with E-state index in [1.54, 1.807) is 0 Å². The Labute approximate surface area is 343 Å². The van der Waals surface area contributed by atoms with Gasteiger partial charge < -0.3 is 87.4 Å². The molecule has 0 aromatic rings. The summed E-state index contributed by atoms with van der Waals surface area (Å²) in [6.07, 6.45) is 0.249. The molecule has 20 nitrogen and oxygen atoms in total. The van der Waals surface area contributed by atoms with E-state index in [0.717, 1.165) is 0 Å². The molecule has 53 heavy (non-hydrogen) atoms. The van der Waals surface area contributed by atoms with Crippen molar-refractivity contribution in [1.29, 1.82) is 22.9 Å². The molecule has 0 heterocycles. The first-order chi connectivity index (χ1) is 33.8. The highest BCUT2D eigenvalue weighted by atomic mass is 28.4. The van der Waals surface area contributed by atoms with Crippen LogP contribution in [-0.4, -0.2) is 177 Å². The molecule has 0 bridgehead atoms. The summed E-state index contributed by atoms with van der Waals surface area (Å²) in [5, 5.41) is 5.45. The Hall–Kier alpha value is -0.399. The maximum atomic E-state index is 13.7. The Morgan fingerprint density at radius 3 is 0.943 bits per heavy atom. The number of carbonyl (C=O) groups excluding carboxylic acids is 2. The first-order valence-corrected chi connectivity index (χ1v) is 29.4. The van der Waals surface area contributed by atoms with Crippen molar-refractivity contribution >= 4 is 64.2 Å². The second-order valence-electron chi connectivity index (χ2n) is 14.4. The van der Waals surface area contributed by atoms with Crippen LogP contribution in [0.5, 0.6) is 0 Å². The van der Waals surface area contributed by atoms with E-state index in [1.165, 1.54) is 0 Å². The Kier molecular flexibility index (Phi) is 12.3. The number of amides is 2. The molecule has 0 aromatic carbocycles. The van der Waals surface area contributed by atoms with Crippen molar-refractivity contribution in [1.82, 2.24) is 10.6 Å². The third-order valence-electron chi connectivity index (χ3n) is 8.93. The second-order valence-corrected chi connectivity index (χ2v) is 26.6. The van der Waals surface area contributed by atoms with Crippen LogP contribution in [0.4, 0.5) is 0 Å². The Balaban J connectivity index is 6.99. The van der Waals surface area contributed by atoms with Gasteiger partial charge >= 0.3 is 44.0 Å². The molecule has 2 amide bonds. The largest absolute Gasteiger partial charge is 0.492 e. The smallest absolute Gasteiger partial charge is 0.432 e. The van der Waals surface area contributed by atoms with Gasteiger partial charge in [-0.05, 0) is 101 Å². The summed E-state index contributed by atoms with van der Waals surface area (Å²) in [4.78, 5) is 99.6. The normalized spacial score (nSPS) is 18.5. The van der Waals surface area contributed by atoms with Gasteiger partial charge in [0.15, 0.2) is 31.2 Å². The fraction of sp³-hybridized carbons (Fsp3) is 0.926. The fourth-order valence-electron chi connectivity index (χ4n) is 6.31. The van der Waals surface area contributed by atoms with Gasteiger partial charge in [0.2, 0.25) is 11.8 Å². The lowest BCUT2D eigenvalue weighted by Crippen LogP contribution is -2.43. The number of hydrogen-bond acceptors (Lipinski definition) is 18. The van der Waals surface area contributed by atoms with Crippen molar-refractivity contribution in [2.24, 2.45) is 10.8 Å². The minimum atomic E-state index is -4.15. The molecule has 0 aromatic heterocycles. The van der Waals surface area contributed by atoms with Crippen LogP contribution in [0.15, 0.2) is 0 Å². The van der Waals surface area contributed by atoms with E-state index < -0.39 is 81.4 Å². The zero-order chi connectivity index (χ0) is 54.1. The highest BCUT2D eigenvalue weighted by molar-refractivity contribution is 6.69. The summed E-state index contributed by atoms with van der Waals surface area (Å²) < 4.78 is 134. The molecule has 0 unspecified atom stereocenters. The minimum Gasteiger partial charge on any atom is -0.432 e. The van der Waals surface area contributed by atoms with Gasteiger partial charge in [-0.3, -0.25) is 9.59 Å². The molecular weight excluding hydrogens is 809 g/mol. The number of rotatable bonds is 46. The second kappa shape index (κ2) is 22.5. The van der Waals surface area contributed by atoms with Crippen LogP contribution >= 0.6 is 0 Å². The van der Waals surface area contributed by atoms with Crippen molar-refractivity contribution < 1.29 is 89.1 Å². The fourth-order valence-corrected chi connectivity index (χ4v) is 10.2. The van der Waals surface area contributed by atoms with Crippen LogP contribution in [0, 0.1) is 10.8 Å². The van der Waals surface area contributed by atoms with Gasteiger partial charge in [-0.2, -0.15) is 0 Å². The quantitative estimate of drug-likeness (QED) is 0.0205. The summed E-state index contributed by atoms with van der Waals surface area (Å²) in [6.45, 7) is -1.04. The number of carbonyl (C=O) groups is 2. The molecule has 0 aliphatic carbocycles. The SMILES string of the molecule is [3H]C[Si](C[3H])(CCCC(CCC[Si](O[3H])(O[3H])O[3H])(CCC[Si](O[3H])(O[3H])O[3H])CNC(=O)CC(=O)NCC(CCC[Si](O[3H])(O[3H])O[3H])(CCC[Si](O[3H])(O[3H])O[3H])CCC[Si](O[3H])(O[3H])O[3H])O[3H]. The standard InChI is InChI=1S/C27H66N2O18Si6/c1-48(2,32)15-3-9-26(10-4-16-49(33,34)35,11-5-17-50(36,37)38)22-28-24(30)21-25(31)29-23-27(12-6-18-51(39,40)41,13-7-19-52(42,43)44)14-8-20-53(45,46)47/h32-47H,3-23H2,1-2H3,(H,28,30)(H,29,31)/i1T,2T,32T,33T,34T,35T,36T,37T,38T,39T,40T,41T,42T,43T,44T,45T,46T,47T. The summed E-state index contributed by atoms with van der Waals surface area (Å²) in [7, 11) is -23.8. The Morgan fingerprint density at radius 2 is 0.717 bits per heavy atom. The van der Waals surface area contributed by atoms with E-state index in [9.17, 15) is 9.59 Å². The number of nitrogens with one attached hydrogen (secondary N) is 2. The predicted molar refractivity (Wildman–Crippen MR) is 202 cm³/mol. The van der Waals surface area contributed by atoms with E-state index in [4.69, 9.17) is 30.4 Å². The lowest BCUT2D eigenvalue weighted by Gasteiger charge is -2.36. The van der Waals surface area contributed by atoms with Crippen molar-refractivity contribution in [2.45, 2.75) is 133 Å². The lowest BCUT2D eigenvalue weighted by atomic mass is 9.75. The molecule has 0 atom stereocenters. The highest BCUT2D eigenvalue weighted by Gasteiger charge is 2.38. The third-order valence-corrected chi connectivity index (χ3v) is 15.0. The maximum absolute atomic E-state index is 13.7. The first kappa shape index (κ1) is 28.9. The van der Waals surface area contributed by atoms with Crippen molar-refractivity contribution in [3.8, 4) is 0 Å². The predicted octanol–water partition coefficient (Wildman–Crippen LogP) is -3.96. The van der Waals surface area contributed by atoms with E-state index in [-0.39, 0.29) is 139 Å². The molecule has 0 fully saturated rings. The molecule has 0 aliphatic heterocycles. The number of hydrogen-bond donors (Lipinski definition) is 18. The molecule has 0 rings (SSSR count). The molecule has 26 heteroatoms. The Morgan fingerprint density at radius 1 is 0.453 bits per heavy atom. The molecule has 316 valence electrons. The molecule has 0 saturated heterocycles. The van der Waals surface area contributed by atoms with Crippen LogP contribution < -0.4 is 10.6 Å². The Bertz CT molecular complexity index is 1160. The zero-order valence-corrected chi connectivity index (χ0v) is 35.6. The van der Waals surface area contributed by atoms with Gasteiger partial charge in [-0.15, -0.1) is 0 Å². The monoisotopic (exact) mass is 910 g/mol. The molecule has 18 N–H and O–H groups in total. The van der Waals surface area contributed by atoms with Crippen LogP contribution in [0.2, 0.25) is 49.3 Å². The third kappa shape index (κ3) is 31.4. The maximum Gasteiger partial charge on any atom is 0.492 e. The first-order valence-electron chi connectivity index (χ1n) is 25.2. The molecule has 0 aliphatic rings. The van der Waals surface area contributed by atoms with E-state index in [1.807, 2.05) is 0 Å². The lowest BCUT2D eigenvalue weighted by molar-refractivity contribution is -0.130. The van der Waals surface area contributed by atoms with Crippen molar-refractivity contribution in [3.63, 3.8) is 0 Å². The van der Waals surface area contributed by atoms with E-state index >= 15 is 0 Å². The molecule has 0 radical (unpaired) electrons. The van der Waals surface area contributed by atoms with Crippen molar-refractivity contribution in [3.05, 3.63) is 0 Å². The van der Waals surface area contributed by atoms with Gasteiger partial charge in [0.25, 0.3) is 0 Å². The van der Waals surface area contributed by atoms with Crippen LogP contribution in [0.3, 0.4) is 0 Å². The average molecular weight is 911 g/mol. The topological polar surface area (TPSA) is 382 Å². The van der Waals surface area contributed by atoms with E-state index in [2.05, 4.69) is 82.6 Å². The minimum absolute atomic E-state index is 0.0178. The average Bonchev–Trinajstić information content (AvgIpc) is 3.41. The molecular formula is C27H66N2O18Si6. The van der Waals surface area contributed by atoms with Gasteiger partial charge in [-0.1, -0.05) is 6.42 Å². The van der Waals surface area contributed by atoms with Gasteiger partial charge in [0.1, 0.15) is 6.42 Å². The van der Waals surface area contributed by atoms with Crippen molar-refractivity contribution in [2.75, 3.05) is 13.1 Å². The summed E-state index contributed by atoms with van der Waals surface area (Å²) in [5.74, 6) is -1.64. The van der Waals surface area contributed by atoms with E-state index in [0.29, 0.717) is 0 Å².